The van der Waals surface area contributed by atoms with Gasteiger partial charge >= 0.3 is 0 Å². The lowest BCUT2D eigenvalue weighted by molar-refractivity contribution is 0.153. The largest absolute Gasteiger partial charge is 0.317 e. The zero-order valence-electron chi connectivity index (χ0n) is 8.09. The highest BCUT2D eigenvalue weighted by Crippen LogP contribution is 1.93. The second-order valence-corrected chi connectivity index (χ2v) is 4.69. The first-order valence-electron chi connectivity index (χ1n) is 4.44. The van der Waals surface area contributed by atoms with Gasteiger partial charge in [0.05, 0.1) is 12.3 Å². The summed E-state index contributed by atoms with van der Waals surface area (Å²) in [4.78, 5) is 0. The average Bonchev–Trinajstić information content (AvgIpc) is 2.10. The maximum absolute atomic E-state index is 11.7. The lowest BCUT2D eigenvalue weighted by atomic mass is 10.5. The molecule has 0 atom stereocenters. The van der Waals surface area contributed by atoms with E-state index in [1.165, 1.54) is 0 Å². The third kappa shape index (κ3) is 8.33. The summed E-state index contributed by atoms with van der Waals surface area (Å²) in [5.74, 6) is -0.118. The van der Waals surface area contributed by atoms with E-state index in [9.17, 15) is 17.2 Å². The van der Waals surface area contributed by atoms with Gasteiger partial charge in [-0.2, -0.15) is 0 Å². The van der Waals surface area contributed by atoms with Gasteiger partial charge in [-0.1, -0.05) is 6.92 Å². The third-order valence-corrected chi connectivity index (χ3v) is 2.91. The number of alkyl halides is 2. The SMILES string of the molecule is CCNCCCS(=O)(=O)NCC(F)F. The molecule has 0 saturated carbocycles. The first-order valence-corrected chi connectivity index (χ1v) is 6.09. The molecule has 0 fully saturated rings. The van der Waals surface area contributed by atoms with Gasteiger partial charge in [-0.3, -0.25) is 0 Å². The zero-order chi connectivity index (χ0) is 11.0. The molecule has 0 amide bonds. The van der Waals surface area contributed by atoms with Crippen LogP contribution in [-0.4, -0.2) is 40.2 Å². The maximum atomic E-state index is 11.7. The van der Waals surface area contributed by atoms with Crippen molar-refractivity contribution in [2.24, 2.45) is 0 Å². The van der Waals surface area contributed by atoms with E-state index < -0.39 is 23.0 Å². The minimum atomic E-state index is -3.53. The first-order chi connectivity index (χ1) is 6.48. The Morgan fingerprint density at radius 2 is 2.00 bits per heavy atom. The van der Waals surface area contributed by atoms with Crippen LogP contribution in [0.2, 0.25) is 0 Å². The average molecular weight is 230 g/mol. The van der Waals surface area contributed by atoms with Gasteiger partial charge in [0.2, 0.25) is 10.0 Å². The topological polar surface area (TPSA) is 58.2 Å². The summed E-state index contributed by atoms with van der Waals surface area (Å²) in [5, 5.41) is 2.95. The Kier molecular flexibility index (Phi) is 6.94. The van der Waals surface area contributed by atoms with Crippen molar-refractivity contribution in [3.8, 4) is 0 Å². The van der Waals surface area contributed by atoms with Gasteiger partial charge in [-0.25, -0.2) is 21.9 Å². The molecule has 4 nitrogen and oxygen atoms in total. The molecule has 7 heteroatoms. The molecule has 14 heavy (non-hydrogen) atoms. The van der Waals surface area contributed by atoms with Gasteiger partial charge in [0.15, 0.2) is 0 Å². The summed E-state index contributed by atoms with van der Waals surface area (Å²) in [6.07, 6.45) is -2.22. The van der Waals surface area contributed by atoms with E-state index in [0.717, 1.165) is 6.54 Å². The van der Waals surface area contributed by atoms with Crippen molar-refractivity contribution in [1.82, 2.24) is 10.0 Å². The van der Waals surface area contributed by atoms with Crippen LogP contribution in [0.1, 0.15) is 13.3 Å². The van der Waals surface area contributed by atoms with E-state index >= 15 is 0 Å². The second kappa shape index (κ2) is 7.08. The summed E-state index contributed by atoms with van der Waals surface area (Å²) in [5.41, 5.74) is 0. The third-order valence-electron chi connectivity index (χ3n) is 1.47. The molecule has 0 saturated heterocycles. The molecule has 2 N–H and O–H groups in total. The molecule has 0 aromatic rings. The van der Waals surface area contributed by atoms with Crippen molar-refractivity contribution in [2.75, 3.05) is 25.4 Å². The van der Waals surface area contributed by atoms with E-state index in [0.29, 0.717) is 13.0 Å². The van der Waals surface area contributed by atoms with Crippen LogP contribution in [0.25, 0.3) is 0 Å². The molecular weight excluding hydrogens is 214 g/mol. The number of nitrogens with one attached hydrogen (secondary N) is 2. The Labute approximate surface area is 83.1 Å². The van der Waals surface area contributed by atoms with Crippen molar-refractivity contribution in [3.05, 3.63) is 0 Å². The Bertz CT molecular complexity index is 232. The number of rotatable bonds is 8. The smallest absolute Gasteiger partial charge is 0.251 e. The van der Waals surface area contributed by atoms with Gasteiger partial charge in [0, 0.05) is 0 Å². The van der Waals surface area contributed by atoms with Crippen LogP contribution in [0.5, 0.6) is 0 Å². The molecule has 0 aromatic carbocycles. The van der Waals surface area contributed by atoms with Gasteiger partial charge in [-0.05, 0) is 19.5 Å². The van der Waals surface area contributed by atoms with Crippen molar-refractivity contribution in [2.45, 2.75) is 19.8 Å². The van der Waals surface area contributed by atoms with E-state index in [1.807, 2.05) is 11.6 Å². The first kappa shape index (κ1) is 13.7. The maximum Gasteiger partial charge on any atom is 0.251 e. The Hall–Kier alpha value is -0.270. The van der Waals surface area contributed by atoms with Crippen molar-refractivity contribution < 1.29 is 17.2 Å². The lowest BCUT2D eigenvalue weighted by Gasteiger charge is -2.05. The highest BCUT2D eigenvalue weighted by molar-refractivity contribution is 7.89. The van der Waals surface area contributed by atoms with Gasteiger partial charge < -0.3 is 5.32 Å². The molecule has 0 aliphatic carbocycles. The summed E-state index contributed by atoms with van der Waals surface area (Å²) < 4.78 is 47.2. The summed E-state index contributed by atoms with van der Waals surface area (Å²) >= 11 is 0. The molecule has 0 aliphatic rings. The normalized spacial score (nSPS) is 12.3. The minimum Gasteiger partial charge on any atom is -0.317 e. The number of hydrogen-bond acceptors (Lipinski definition) is 3. The summed E-state index contributed by atoms with van der Waals surface area (Å²) in [7, 11) is -3.53. The molecule has 0 bridgehead atoms. The molecule has 0 spiro atoms. The van der Waals surface area contributed by atoms with Crippen LogP contribution in [0.3, 0.4) is 0 Å². The minimum absolute atomic E-state index is 0.118. The Morgan fingerprint density at radius 3 is 2.50 bits per heavy atom. The van der Waals surface area contributed by atoms with Crippen molar-refractivity contribution in [1.29, 1.82) is 0 Å². The van der Waals surface area contributed by atoms with Crippen molar-refractivity contribution in [3.63, 3.8) is 0 Å². The van der Waals surface area contributed by atoms with Crippen LogP contribution in [0, 0.1) is 0 Å². The van der Waals surface area contributed by atoms with Crippen LogP contribution in [-0.2, 0) is 10.0 Å². The molecule has 0 aromatic heterocycles. The van der Waals surface area contributed by atoms with Gasteiger partial charge in [0.25, 0.3) is 6.43 Å². The quantitative estimate of drug-likeness (QED) is 0.584. The molecule has 0 aliphatic heterocycles. The molecule has 86 valence electrons. The van der Waals surface area contributed by atoms with Crippen molar-refractivity contribution >= 4 is 10.0 Å². The summed E-state index contributed by atoms with van der Waals surface area (Å²) in [6, 6.07) is 0. The molecule has 0 radical (unpaired) electrons. The Balaban J connectivity index is 3.62. The zero-order valence-corrected chi connectivity index (χ0v) is 8.91. The fourth-order valence-corrected chi connectivity index (χ4v) is 1.87. The van der Waals surface area contributed by atoms with E-state index in [1.54, 1.807) is 0 Å². The standard InChI is InChI=1S/C7H16F2N2O2S/c1-2-10-4-3-5-14(12,13)11-6-7(8)9/h7,10-11H,2-6H2,1H3. The van der Waals surface area contributed by atoms with E-state index in [2.05, 4.69) is 5.32 Å². The predicted molar refractivity (Wildman–Crippen MR) is 51.0 cm³/mol. The highest BCUT2D eigenvalue weighted by atomic mass is 32.2. The molecule has 0 unspecified atom stereocenters. The summed E-state index contributed by atoms with van der Waals surface area (Å²) in [6.45, 7) is 2.45. The van der Waals surface area contributed by atoms with Gasteiger partial charge in [-0.15, -0.1) is 0 Å². The van der Waals surface area contributed by atoms with Crippen LogP contribution in [0.4, 0.5) is 8.78 Å². The van der Waals surface area contributed by atoms with E-state index in [4.69, 9.17) is 0 Å². The fourth-order valence-electron chi connectivity index (χ4n) is 0.826. The van der Waals surface area contributed by atoms with Crippen LogP contribution < -0.4 is 10.0 Å². The van der Waals surface area contributed by atoms with Gasteiger partial charge in [0.1, 0.15) is 0 Å². The number of hydrogen-bond donors (Lipinski definition) is 2. The molecule has 0 rings (SSSR count). The number of sulfonamides is 1. The fraction of sp³-hybridized carbons (Fsp3) is 1.00. The molecule has 0 heterocycles. The second-order valence-electron chi connectivity index (χ2n) is 2.77. The molecular formula is C7H16F2N2O2S. The van der Waals surface area contributed by atoms with Crippen LogP contribution in [0.15, 0.2) is 0 Å². The Morgan fingerprint density at radius 1 is 1.36 bits per heavy atom. The van der Waals surface area contributed by atoms with E-state index in [-0.39, 0.29) is 5.75 Å². The monoisotopic (exact) mass is 230 g/mol. The van der Waals surface area contributed by atoms with Crippen LogP contribution >= 0.6 is 0 Å². The number of halogens is 2. The highest BCUT2D eigenvalue weighted by Gasteiger charge is 2.12. The predicted octanol–water partition coefficient (Wildman–Crippen LogP) is 0.171. The lowest BCUT2D eigenvalue weighted by Crippen LogP contribution is -2.31.